The zero-order valence-electron chi connectivity index (χ0n) is 14.4. The first-order valence-electron chi connectivity index (χ1n) is 8.95. The molecule has 1 saturated heterocycles. The molecule has 21 heavy (non-hydrogen) atoms. The topological polar surface area (TPSA) is 41.1 Å². The highest BCUT2D eigenvalue weighted by Gasteiger charge is 2.42. The van der Waals surface area contributed by atoms with E-state index in [1.165, 1.54) is 19.3 Å². The highest BCUT2D eigenvalue weighted by molar-refractivity contribution is 5.87. The highest BCUT2D eigenvalue weighted by Crippen LogP contribution is 2.38. The van der Waals surface area contributed by atoms with E-state index in [9.17, 15) is 4.79 Å². The molecule has 0 spiro atoms. The quantitative estimate of drug-likeness (QED) is 0.831. The summed E-state index contributed by atoms with van der Waals surface area (Å²) in [5.41, 5.74) is -0.00593. The molecule has 0 aromatic heterocycles. The maximum absolute atomic E-state index is 12.9. The fraction of sp³-hybridized carbons (Fsp3) is 0.944. The lowest BCUT2D eigenvalue weighted by Gasteiger charge is -2.42. The monoisotopic (exact) mass is 294 g/mol. The molecule has 1 heterocycles. The highest BCUT2D eigenvalue weighted by atomic mass is 16.2. The van der Waals surface area contributed by atoms with Crippen LogP contribution in [0.25, 0.3) is 0 Å². The van der Waals surface area contributed by atoms with Crippen LogP contribution in [-0.2, 0) is 4.79 Å². The molecule has 0 aromatic carbocycles. The number of rotatable bonds is 4. The Morgan fingerprint density at radius 3 is 2.52 bits per heavy atom. The first kappa shape index (κ1) is 16.8. The van der Waals surface area contributed by atoms with Crippen LogP contribution in [0.3, 0.4) is 0 Å². The lowest BCUT2D eigenvalue weighted by Crippen LogP contribution is -2.58. The summed E-state index contributed by atoms with van der Waals surface area (Å²) in [5.74, 6) is 0.873. The van der Waals surface area contributed by atoms with E-state index in [2.05, 4.69) is 38.3 Å². The van der Waals surface area contributed by atoms with Crippen LogP contribution < -0.4 is 10.6 Å². The molecule has 1 aliphatic carbocycles. The van der Waals surface area contributed by atoms with Gasteiger partial charge in [-0.3, -0.25) is 4.79 Å². The van der Waals surface area contributed by atoms with E-state index < -0.39 is 0 Å². The second-order valence-corrected chi connectivity index (χ2v) is 8.20. The summed E-state index contributed by atoms with van der Waals surface area (Å²) in [6, 6.07) is 0.363. The van der Waals surface area contributed by atoms with Gasteiger partial charge < -0.3 is 10.6 Å². The molecule has 3 atom stereocenters. The Kier molecular flexibility index (Phi) is 5.34. The standard InChI is InChI=1S/C18H34N2O/c1-5-11-18(12-8-13-19-18)16(21)20-15-10-7-6-9-14(15)17(2,3)4/h14-15,19H,5-13H2,1-4H3,(H,20,21). The normalized spacial score (nSPS) is 33.9. The molecule has 3 nitrogen and oxygen atoms in total. The fourth-order valence-corrected chi connectivity index (χ4v) is 4.40. The predicted octanol–water partition coefficient (Wildman–Crippen LogP) is 3.63. The van der Waals surface area contributed by atoms with Gasteiger partial charge >= 0.3 is 0 Å². The zero-order valence-corrected chi connectivity index (χ0v) is 14.4. The molecule has 2 fully saturated rings. The van der Waals surface area contributed by atoms with Crippen molar-refractivity contribution in [2.75, 3.05) is 6.54 Å². The second kappa shape index (κ2) is 6.68. The summed E-state index contributed by atoms with van der Waals surface area (Å²) in [5, 5.41) is 6.94. The van der Waals surface area contributed by atoms with Gasteiger partial charge in [0.05, 0.1) is 5.54 Å². The van der Waals surface area contributed by atoms with Crippen LogP contribution in [0.4, 0.5) is 0 Å². The SMILES string of the molecule is CCCC1(C(=O)NC2CCCCC2C(C)(C)C)CCCN1. The molecule has 3 unspecified atom stereocenters. The molecule has 0 aromatic rings. The van der Waals surface area contributed by atoms with Crippen LogP contribution in [0.2, 0.25) is 0 Å². The van der Waals surface area contributed by atoms with Gasteiger partial charge in [-0.2, -0.15) is 0 Å². The Bertz CT molecular complexity index is 353. The van der Waals surface area contributed by atoms with E-state index in [0.29, 0.717) is 12.0 Å². The molecule has 1 saturated carbocycles. The van der Waals surface area contributed by atoms with Crippen molar-refractivity contribution in [1.29, 1.82) is 0 Å². The summed E-state index contributed by atoms with van der Waals surface area (Å²) in [6.07, 6.45) is 9.12. The van der Waals surface area contributed by atoms with Crippen molar-refractivity contribution in [3.63, 3.8) is 0 Å². The van der Waals surface area contributed by atoms with Crippen LogP contribution in [0.1, 0.15) is 79.1 Å². The van der Waals surface area contributed by atoms with Crippen LogP contribution in [0, 0.1) is 11.3 Å². The molecule has 2 rings (SSSR count). The molecule has 0 bridgehead atoms. The molecule has 0 radical (unpaired) electrons. The second-order valence-electron chi connectivity index (χ2n) is 8.20. The fourth-order valence-electron chi connectivity index (χ4n) is 4.40. The number of hydrogen-bond acceptors (Lipinski definition) is 2. The molecule has 122 valence electrons. The van der Waals surface area contributed by atoms with Crippen molar-refractivity contribution in [3.8, 4) is 0 Å². The Morgan fingerprint density at radius 1 is 1.24 bits per heavy atom. The largest absolute Gasteiger partial charge is 0.351 e. The van der Waals surface area contributed by atoms with Crippen molar-refractivity contribution in [2.24, 2.45) is 11.3 Å². The molecule has 2 aliphatic rings. The van der Waals surface area contributed by atoms with Crippen LogP contribution in [0.5, 0.6) is 0 Å². The van der Waals surface area contributed by atoms with Gasteiger partial charge in [-0.1, -0.05) is 47.0 Å². The summed E-state index contributed by atoms with van der Waals surface area (Å²) in [6.45, 7) is 10.1. The van der Waals surface area contributed by atoms with E-state index >= 15 is 0 Å². The third kappa shape index (κ3) is 3.80. The van der Waals surface area contributed by atoms with E-state index in [4.69, 9.17) is 0 Å². The maximum Gasteiger partial charge on any atom is 0.240 e. The zero-order chi connectivity index (χ0) is 15.5. The molecule has 3 heteroatoms. The first-order chi connectivity index (χ1) is 9.89. The number of nitrogens with one attached hydrogen (secondary N) is 2. The Labute approximate surface area is 130 Å². The van der Waals surface area contributed by atoms with Crippen molar-refractivity contribution >= 4 is 5.91 Å². The van der Waals surface area contributed by atoms with Gasteiger partial charge in [-0.25, -0.2) is 0 Å². The Balaban J connectivity index is 2.05. The van der Waals surface area contributed by atoms with Gasteiger partial charge in [0.15, 0.2) is 0 Å². The molecular weight excluding hydrogens is 260 g/mol. The van der Waals surface area contributed by atoms with E-state index in [-0.39, 0.29) is 16.9 Å². The summed E-state index contributed by atoms with van der Waals surface area (Å²) in [7, 11) is 0. The van der Waals surface area contributed by atoms with E-state index in [0.717, 1.165) is 38.6 Å². The van der Waals surface area contributed by atoms with Crippen LogP contribution in [-0.4, -0.2) is 24.0 Å². The smallest absolute Gasteiger partial charge is 0.240 e. The molecular formula is C18H34N2O. The van der Waals surface area contributed by atoms with Gasteiger partial charge in [0.1, 0.15) is 0 Å². The van der Waals surface area contributed by atoms with Crippen molar-refractivity contribution in [3.05, 3.63) is 0 Å². The summed E-state index contributed by atoms with van der Waals surface area (Å²) < 4.78 is 0. The van der Waals surface area contributed by atoms with Gasteiger partial charge in [-0.15, -0.1) is 0 Å². The van der Waals surface area contributed by atoms with Gasteiger partial charge in [-0.05, 0) is 50.0 Å². The minimum absolute atomic E-state index is 0.267. The van der Waals surface area contributed by atoms with Crippen LogP contribution >= 0.6 is 0 Å². The maximum atomic E-state index is 12.9. The van der Waals surface area contributed by atoms with Gasteiger partial charge in [0, 0.05) is 6.04 Å². The van der Waals surface area contributed by atoms with E-state index in [1.54, 1.807) is 0 Å². The third-order valence-electron chi connectivity index (χ3n) is 5.55. The Morgan fingerprint density at radius 2 is 1.95 bits per heavy atom. The molecule has 1 aliphatic heterocycles. The average molecular weight is 294 g/mol. The predicted molar refractivity (Wildman–Crippen MR) is 88.2 cm³/mol. The van der Waals surface area contributed by atoms with Crippen molar-refractivity contribution < 1.29 is 4.79 Å². The first-order valence-corrected chi connectivity index (χ1v) is 8.95. The van der Waals surface area contributed by atoms with Crippen molar-refractivity contribution in [1.82, 2.24) is 10.6 Å². The summed E-state index contributed by atoms with van der Waals surface area (Å²) in [4.78, 5) is 12.9. The lowest BCUT2D eigenvalue weighted by molar-refractivity contribution is -0.129. The number of hydrogen-bond donors (Lipinski definition) is 2. The lowest BCUT2D eigenvalue weighted by atomic mass is 9.69. The number of amides is 1. The molecule has 2 N–H and O–H groups in total. The Hall–Kier alpha value is -0.570. The van der Waals surface area contributed by atoms with Crippen molar-refractivity contribution in [2.45, 2.75) is 90.6 Å². The average Bonchev–Trinajstić information content (AvgIpc) is 2.88. The van der Waals surface area contributed by atoms with Gasteiger partial charge in [0.2, 0.25) is 5.91 Å². The molecule has 1 amide bonds. The van der Waals surface area contributed by atoms with E-state index in [1.807, 2.05) is 0 Å². The summed E-state index contributed by atoms with van der Waals surface area (Å²) >= 11 is 0. The van der Waals surface area contributed by atoms with Gasteiger partial charge in [0.25, 0.3) is 0 Å². The minimum Gasteiger partial charge on any atom is -0.351 e. The number of carbonyl (C=O) groups excluding carboxylic acids is 1. The third-order valence-corrected chi connectivity index (χ3v) is 5.55. The van der Waals surface area contributed by atoms with Crippen LogP contribution in [0.15, 0.2) is 0 Å². The number of carbonyl (C=O) groups is 1. The minimum atomic E-state index is -0.283.